The molecule has 0 radical (unpaired) electrons. The molecule has 186 valence electrons. The van der Waals surface area contributed by atoms with Crippen LogP contribution in [0.25, 0.3) is 11.0 Å². The minimum absolute atomic E-state index is 0.0417. The van der Waals surface area contributed by atoms with E-state index in [0.29, 0.717) is 27.4 Å². The summed E-state index contributed by atoms with van der Waals surface area (Å²) in [4.78, 5) is 50.5. The number of fused-ring (bicyclic) bond motifs is 5. The van der Waals surface area contributed by atoms with Gasteiger partial charge in [0.15, 0.2) is 16.1 Å². The molecule has 2 aromatic heterocycles. The summed E-state index contributed by atoms with van der Waals surface area (Å²) in [6.45, 7) is 4.17. The Morgan fingerprint density at radius 2 is 1.76 bits per heavy atom. The van der Waals surface area contributed by atoms with Gasteiger partial charge in [0.05, 0.1) is 23.2 Å². The summed E-state index contributed by atoms with van der Waals surface area (Å²) in [7, 11) is 0. The number of amides is 2. The molecule has 7 nitrogen and oxygen atoms in total. The van der Waals surface area contributed by atoms with E-state index in [1.54, 1.807) is 28.6 Å². The summed E-state index contributed by atoms with van der Waals surface area (Å²) >= 11 is 1.23. The Bertz CT molecular complexity index is 1860. The van der Waals surface area contributed by atoms with Gasteiger partial charge in [-0.15, -0.1) is 11.3 Å². The van der Waals surface area contributed by atoms with E-state index in [-0.39, 0.29) is 23.8 Å². The van der Waals surface area contributed by atoms with E-state index in [4.69, 9.17) is 4.42 Å². The maximum Gasteiger partial charge on any atom is 0.297 e. The maximum atomic E-state index is 14.8. The van der Waals surface area contributed by atoms with Crippen molar-refractivity contribution in [3.63, 3.8) is 0 Å². The largest absolute Gasteiger partial charge is 0.450 e. The molecule has 1 spiro atoms. The molecule has 0 saturated heterocycles. The SMILES string of the molecule is Cc1cccc(CN2C(=O)C3(c4ccccc42)c2c(oc4ccc(C)cc4c2=O)C(=O)N3c2nccs2)c1. The molecule has 0 fully saturated rings. The summed E-state index contributed by atoms with van der Waals surface area (Å²) in [6.07, 6.45) is 1.58. The third-order valence-electron chi connectivity index (χ3n) is 7.31. The molecule has 2 aliphatic rings. The lowest BCUT2D eigenvalue weighted by atomic mass is 9.84. The molecule has 2 amide bonds. The third-order valence-corrected chi connectivity index (χ3v) is 8.07. The Morgan fingerprint density at radius 3 is 2.55 bits per heavy atom. The van der Waals surface area contributed by atoms with Crippen LogP contribution in [0.15, 0.2) is 87.5 Å². The lowest BCUT2D eigenvalue weighted by Crippen LogP contribution is -2.53. The first-order valence-electron chi connectivity index (χ1n) is 12.2. The highest BCUT2D eigenvalue weighted by Crippen LogP contribution is 2.54. The van der Waals surface area contributed by atoms with Crippen LogP contribution in [0.5, 0.6) is 0 Å². The number of para-hydroxylation sites is 1. The molecule has 0 N–H and O–H groups in total. The minimum Gasteiger partial charge on any atom is -0.450 e. The predicted octanol–water partition coefficient (Wildman–Crippen LogP) is 5.32. The number of benzene rings is 3. The molecule has 2 aliphatic heterocycles. The first-order chi connectivity index (χ1) is 18.4. The molecule has 4 heterocycles. The highest BCUT2D eigenvalue weighted by molar-refractivity contribution is 7.13. The second kappa shape index (κ2) is 7.97. The molecule has 0 aliphatic carbocycles. The number of hydrogen-bond donors (Lipinski definition) is 0. The van der Waals surface area contributed by atoms with Gasteiger partial charge in [-0.25, -0.2) is 4.98 Å². The van der Waals surface area contributed by atoms with E-state index < -0.39 is 16.9 Å². The van der Waals surface area contributed by atoms with Gasteiger partial charge in [-0.3, -0.25) is 19.3 Å². The highest BCUT2D eigenvalue weighted by atomic mass is 32.1. The molecular weight excluding hydrogens is 498 g/mol. The van der Waals surface area contributed by atoms with Gasteiger partial charge in [0.2, 0.25) is 5.76 Å². The Hall–Kier alpha value is -4.56. The number of nitrogens with zero attached hydrogens (tertiary/aromatic N) is 3. The smallest absolute Gasteiger partial charge is 0.297 e. The van der Waals surface area contributed by atoms with Gasteiger partial charge >= 0.3 is 0 Å². The normalized spacial score (nSPS) is 18.1. The van der Waals surface area contributed by atoms with E-state index in [0.717, 1.165) is 16.7 Å². The minimum atomic E-state index is -1.73. The number of aromatic nitrogens is 1. The van der Waals surface area contributed by atoms with Crippen LogP contribution in [0.3, 0.4) is 0 Å². The maximum absolute atomic E-state index is 14.8. The van der Waals surface area contributed by atoms with Crippen molar-refractivity contribution in [2.24, 2.45) is 0 Å². The number of carbonyl (C=O) groups excluding carboxylic acids is 2. The number of hydrogen-bond acceptors (Lipinski definition) is 6. The Kier molecular flexibility index (Phi) is 4.74. The quantitative estimate of drug-likeness (QED) is 0.322. The monoisotopic (exact) mass is 519 g/mol. The van der Waals surface area contributed by atoms with Crippen molar-refractivity contribution in [2.75, 3.05) is 9.80 Å². The molecule has 0 bridgehead atoms. The summed E-state index contributed by atoms with van der Waals surface area (Å²) < 4.78 is 6.11. The fraction of sp³-hybridized carbons (Fsp3) is 0.133. The molecule has 0 saturated carbocycles. The molecule has 1 atom stereocenters. The van der Waals surface area contributed by atoms with Crippen molar-refractivity contribution >= 4 is 44.9 Å². The van der Waals surface area contributed by atoms with Crippen LogP contribution in [-0.4, -0.2) is 16.8 Å². The molecule has 1 unspecified atom stereocenters. The fourth-order valence-electron chi connectivity index (χ4n) is 5.75. The number of anilines is 2. The number of thiazole rings is 1. The molecule has 8 heteroatoms. The lowest BCUT2D eigenvalue weighted by Gasteiger charge is -2.32. The topological polar surface area (TPSA) is 83.7 Å². The highest BCUT2D eigenvalue weighted by Gasteiger charge is 2.66. The Labute approximate surface area is 221 Å². The van der Waals surface area contributed by atoms with Crippen molar-refractivity contribution in [1.29, 1.82) is 0 Å². The van der Waals surface area contributed by atoms with Crippen molar-refractivity contribution in [1.82, 2.24) is 4.98 Å². The van der Waals surface area contributed by atoms with E-state index >= 15 is 0 Å². The van der Waals surface area contributed by atoms with Gasteiger partial charge in [0, 0.05) is 17.1 Å². The number of aryl methyl sites for hydroxylation is 2. The average Bonchev–Trinajstić information content (AvgIpc) is 3.58. The average molecular weight is 520 g/mol. The van der Waals surface area contributed by atoms with Crippen molar-refractivity contribution in [3.8, 4) is 0 Å². The second-order valence-electron chi connectivity index (χ2n) is 9.70. The first-order valence-corrected chi connectivity index (χ1v) is 13.1. The van der Waals surface area contributed by atoms with Crippen molar-refractivity contribution in [2.45, 2.75) is 25.9 Å². The summed E-state index contributed by atoms with van der Waals surface area (Å²) in [6, 6.07) is 20.5. The molecular formula is C30H21N3O4S. The van der Waals surface area contributed by atoms with Crippen LogP contribution in [-0.2, 0) is 16.9 Å². The van der Waals surface area contributed by atoms with Crippen LogP contribution in [0.4, 0.5) is 10.8 Å². The summed E-state index contributed by atoms with van der Waals surface area (Å²) in [5, 5.41) is 2.39. The predicted molar refractivity (Wildman–Crippen MR) is 146 cm³/mol. The van der Waals surface area contributed by atoms with Crippen LogP contribution in [0.1, 0.15) is 38.4 Å². The van der Waals surface area contributed by atoms with Crippen LogP contribution in [0.2, 0.25) is 0 Å². The van der Waals surface area contributed by atoms with Crippen LogP contribution >= 0.6 is 11.3 Å². The van der Waals surface area contributed by atoms with Gasteiger partial charge < -0.3 is 9.32 Å². The second-order valence-corrected chi connectivity index (χ2v) is 10.6. The summed E-state index contributed by atoms with van der Waals surface area (Å²) in [5.74, 6) is -1.07. The van der Waals surface area contributed by atoms with E-state index in [1.807, 2.05) is 68.4 Å². The molecule has 5 aromatic rings. The first kappa shape index (κ1) is 22.6. The summed E-state index contributed by atoms with van der Waals surface area (Å²) in [5.41, 5.74) is 2.31. The van der Waals surface area contributed by atoms with E-state index in [9.17, 15) is 14.4 Å². The molecule has 7 rings (SSSR count). The van der Waals surface area contributed by atoms with E-state index in [2.05, 4.69) is 4.98 Å². The van der Waals surface area contributed by atoms with Gasteiger partial charge in [-0.2, -0.15) is 0 Å². The standard InChI is InChI=1S/C30H21N3O4S/c1-17-6-5-7-19(14-17)16-32-22-9-4-3-8-21(22)30(28(32)36)24-25(34)20-15-18(2)10-11-23(20)37-26(24)27(35)33(30)29-31-12-13-38-29/h3-15H,16H2,1-2H3. The Balaban J connectivity index is 1.56. The van der Waals surface area contributed by atoms with E-state index in [1.165, 1.54) is 16.2 Å². The zero-order chi connectivity index (χ0) is 26.2. The van der Waals surface area contributed by atoms with Gasteiger partial charge in [0.1, 0.15) is 5.58 Å². The van der Waals surface area contributed by atoms with Crippen molar-refractivity contribution < 1.29 is 14.0 Å². The Morgan fingerprint density at radius 1 is 0.947 bits per heavy atom. The van der Waals surface area contributed by atoms with Gasteiger partial charge in [-0.05, 0) is 37.6 Å². The van der Waals surface area contributed by atoms with Crippen LogP contribution < -0.4 is 15.2 Å². The van der Waals surface area contributed by atoms with Gasteiger partial charge in [0.25, 0.3) is 11.8 Å². The van der Waals surface area contributed by atoms with Crippen molar-refractivity contribution in [3.05, 3.63) is 122 Å². The van der Waals surface area contributed by atoms with Gasteiger partial charge in [-0.1, -0.05) is 59.7 Å². The zero-order valence-corrected chi connectivity index (χ0v) is 21.4. The molecule has 38 heavy (non-hydrogen) atoms. The third kappa shape index (κ3) is 2.89. The van der Waals surface area contributed by atoms with Crippen LogP contribution in [0, 0.1) is 13.8 Å². The molecule has 3 aromatic carbocycles. The lowest BCUT2D eigenvalue weighted by molar-refractivity contribution is -0.121. The zero-order valence-electron chi connectivity index (χ0n) is 20.6. The fourth-order valence-corrected chi connectivity index (χ4v) is 6.44. The number of carbonyl (C=O) groups is 2. The number of rotatable bonds is 3.